The van der Waals surface area contributed by atoms with Gasteiger partial charge in [-0.15, -0.1) is 0 Å². The van der Waals surface area contributed by atoms with Gasteiger partial charge in [-0.05, 0) is 56.2 Å². The largest absolute Gasteiger partial charge is 0.314 e. The van der Waals surface area contributed by atoms with Crippen molar-refractivity contribution in [2.45, 2.75) is 45.6 Å². The number of rotatable bonds is 4. The van der Waals surface area contributed by atoms with E-state index in [0.717, 1.165) is 25.3 Å². The maximum absolute atomic E-state index is 13.9. The maximum Gasteiger partial charge on any atom is 0.127 e. The minimum atomic E-state index is -0.166. The van der Waals surface area contributed by atoms with Crippen LogP contribution >= 0.6 is 11.6 Å². The molecule has 2 rings (SSSR count). The van der Waals surface area contributed by atoms with Crippen molar-refractivity contribution in [2.24, 2.45) is 11.8 Å². The highest BCUT2D eigenvalue weighted by molar-refractivity contribution is 6.31. The summed E-state index contributed by atoms with van der Waals surface area (Å²) in [5.74, 6) is 1.05. The Morgan fingerprint density at radius 1 is 1.37 bits per heavy atom. The number of benzene rings is 1. The first-order valence-electron chi connectivity index (χ1n) is 7.28. The van der Waals surface area contributed by atoms with Crippen molar-refractivity contribution >= 4 is 11.6 Å². The average Bonchev–Trinajstić information content (AvgIpc) is 2.37. The van der Waals surface area contributed by atoms with Crippen molar-refractivity contribution in [1.82, 2.24) is 5.32 Å². The van der Waals surface area contributed by atoms with E-state index in [1.165, 1.54) is 18.9 Å². The topological polar surface area (TPSA) is 12.0 Å². The average molecular weight is 284 g/mol. The fraction of sp³-hybridized carbons (Fsp3) is 0.625. The minimum Gasteiger partial charge on any atom is -0.314 e. The lowest BCUT2D eigenvalue weighted by atomic mass is 9.76. The summed E-state index contributed by atoms with van der Waals surface area (Å²) in [6, 6.07) is 5.47. The Labute approximate surface area is 120 Å². The van der Waals surface area contributed by atoms with Crippen molar-refractivity contribution in [2.75, 3.05) is 6.54 Å². The fourth-order valence-corrected chi connectivity index (χ4v) is 3.48. The van der Waals surface area contributed by atoms with Crippen LogP contribution in [0, 0.1) is 17.7 Å². The maximum atomic E-state index is 13.9. The molecular formula is C16H23ClFN. The molecule has 0 saturated heterocycles. The molecule has 0 bridgehead atoms. The number of hydrogen-bond donors (Lipinski definition) is 1. The van der Waals surface area contributed by atoms with Gasteiger partial charge in [-0.2, -0.15) is 0 Å². The molecule has 106 valence electrons. The summed E-state index contributed by atoms with van der Waals surface area (Å²) in [4.78, 5) is 0. The van der Waals surface area contributed by atoms with E-state index in [4.69, 9.17) is 11.6 Å². The molecule has 0 aliphatic heterocycles. The first-order valence-corrected chi connectivity index (χ1v) is 7.65. The first kappa shape index (κ1) is 14.8. The highest BCUT2D eigenvalue weighted by Crippen LogP contribution is 2.33. The summed E-state index contributed by atoms with van der Waals surface area (Å²) in [7, 11) is 0. The molecule has 1 aliphatic rings. The molecule has 0 radical (unpaired) electrons. The molecule has 1 aromatic carbocycles. The fourth-order valence-electron chi connectivity index (χ4n) is 3.24. The summed E-state index contributed by atoms with van der Waals surface area (Å²) >= 11 is 6.15. The predicted molar refractivity (Wildman–Crippen MR) is 79.1 cm³/mol. The Morgan fingerprint density at radius 2 is 2.16 bits per heavy atom. The van der Waals surface area contributed by atoms with E-state index in [1.54, 1.807) is 12.1 Å². The van der Waals surface area contributed by atoms with Crippen LogP contribution in [0.5, 0.6) is 0 Å². The van der Waals surface area contributed by atoms with Crippen LogP contribution in [0.15, 0.2) is 18.2 Å². The van der Waals surface area contributed by atoms with Crippen LogP contribution in [0.2, 0.25) is 5.02 Å². The van der Waals surface area contributed by atoms with E-state index in [1.807, 2.05) is 0 Å². The molecule has 1 fully saturated rings. The van der Waals surface area contributed by atoms with Gasteiger partial charge in [0.05, 0.1) is 0 Å². The summed E-state index contributed by atoms with van der Waals surface area (Å²) in [5.41, 5.74) is 0.686. The lowest BCUT2D eigenvalue weighted by Gasteiger charge is -2.35. The van der Waals surface area contributed by atoms with Gasteiger partial charge in [0.25, 0.3) is 0 Å². The second-order valence-corrected chi connectivity index (χ2v) is 6.15. The van der Waals surface area contributed by atoms with Gasteiger partial charge in [0.1, 0.15) is 5.82 Å². The van der Waals surface area contributed by atoms with Crippen LogP contribution in [0.1, 0.15) is 38.7 Å². The second kappa shape index (κ2) is 6.71. The highest BCUT2D eigenvalue weighted by Gasteiger charge is 2.29. The second-order valence-electron chi connectivity index (χ2n) is 5.75. The zero-order valence-electron chi connectivity index (χ0n) is 11.8. The molecule has 1 N–H and O–H groups in total. The molecule has 1 nitrogen and oxygen atoms in total. The van der Waals surface area contributed by atoms with E-state index < -0.39 is 0 Å². The molecule has 3 heteroatoms. The third-order valence-electron chi connectivity index (χ3n) is 4.24. The van der Waals surface area contributed by atoms with Crippen LogP contribution in [-0.4, -0.2) is 12.6 Å². The van der Waals surface area contributed by atoms with Crippen LogP contribution in [0.3, 0.4) is 0 Å². The third-order valence-corrected chi connectivity index (χ3v) is 4.59. The summed E-state index contributed by atoms with van der Waals surface area (Å²) < 4.78 is 13.9. The summed E-state index contributed by atoms with van der Waals surface area (Å²) in [5, 5.41) is 4.11. The molecule has 0 aromatic heterocycles. The molecule has 1 saturated carbocycles. The standard InChI is InChI=1S/C16H23ClFN/c1-3-19-16-8-7-11(2)9-12(16)10-13-14(17)5-4-6-15(13)18/h4-6,11-12,16,19H,3,7-10H2,1-2H3. The molecule has 1 aliphatic carbocycles. The Morgan fingerprint density at radius 3 is 2.84 bits per heavy atom. The van der Waals surface area contributed by atoms with Gasteiger partial charge in [0.15, 0.2) is 0 Å². The van der Waals surface area contributed by atoms with E-state index in [9.17, 15) is 4.39 Å². The predicted octanol–water partition coefficient (Wildman–Crippen LogP) is 4.44. The van der Waals surface area contributed by atoms with Crippen LogP contribution in [0.4, 0.5) is 4.39 Å². The normalized spacial score (nSPS) is 27.5. The molecule has 0 heterocycles. The van der Waals surface area contributed by atoms with Gasteiger partial charge in [0, 0.05) is 16.6 Å². The van der Waals surface area contributed by atoms with Crippen LogP contribution in [0.25, 0.3) is 0 Å². The van der Waals surface area contributed by atoms with Gasteiger partial charge >= 0.3 is 0 Å². The lowest BCUT2D eigenvalue weighted by Crippen LogP contribution is -2.41. The minimum absolute atomic E-state index is 0.166. The van der Waals surface area contributed by atoms with E-state index in [-0.39, 0.29) is 5.82 Å². The van der Waals surface area contributed by atoms with Crippen molar-refractivity contribution in [1.29, 1.82) is 0 Å². The van der Waals surface area contributed by atoms with E-state index in [0.29, 0.717) is 22.5 Å². The first-order chi connectivity index (χ1) is 9.11. The Balaban J connectivity index is 2.14. The van der Waals surface area contributed by atoms with Crippen molar-refractivity contribution < 1.29 is 4.39 Å². The highest BCUT2D eigenvalue weighted by atomic mass is 35.5. The zero-order valence-corrected chi connectivity index (χ0v) is 12.5. The summed E-state index contributed by atoms with van der Waals surface area (Å²) in [6.45, 7) is 5.39. The molecule has 0 spiro atoms. The molecule has 0 amide bonds. The Kier molecular flexibility index (Phi) is 5.23. The molecule has 3 unspecified atom stereocenters. The van der Waals surface area contributed by atoms with Gasteiger partial charge in [0.2, 0.25) is 0 Å². The molecule has 1 aromatic rings. The third kappa shape index (κ3) is 3.70. The zero-order chi connectivity index (χ0) is 13.8. The van der Waals surface area contributed by atoms with Crippen molar-refractivity contribution in [3.05, 3.63) is 34.6 Å². The Hall–Kier alpha value is -0.600. The molecule has 19 heavy (non-hydrogen) atoms. The Bertz CT molecular complexity index is 401. The van der Waals surface area contributed by atoms with Gasteiger partial charge in [-0.1, -0.05) is 31.5 Å². The van der Waals surface area contributed by atoms with Gasteiger partial charge in [-0.3, -0.25) is 0 Å². The smallest absolute Gasteiger partial charge is 0.127 e. The number of halogens is 2. The van der Waals surface area contributed by atoms with Gasteiger partial charge < -0.3 is 5.32 Å². The quantitative estimate of drug-likeness (QED) is 0.862. The van der Waals surface area contributed by atoms with Crippen LogP contribution in [-0.2, 0) is 6.42 Å². The monoisotopic (exact) mass is 283 g/mol. The van der Waals surface area contributed by atoms with Gasteiger partial charge in [-0.25, -0.2) is 4.39 Å². The van der Waals surface area contributed by atoms with Crippen molar-refractivity contribution in [3.8, 4) is 0 Å². The SMILES string of the molecule is CCNC1CCC(C)CC1Cc1c(F)cccc1Cl. The lowest BCUT2D eigenvalue weighted by molar-refractivity contribution is 0.213. The summed E-state index contributed by atoms with van der Waals surface area (Å²) in [6.07, 6.45) is 4.35. The molecule has 3 atom stereocenters. The van der Waals surface area contributed by atoms with E-state index in [2.05, 4.69) is 19.2 Å². The number of nitrogens with one attached hydrogen (secondary N) is 1. The van der Waals surface area contributed by atoms with Crippen molar-refractivity contribution in [3.63, 3.8) is 0 Å². The molecular weight excluding hydrogens is 261 g/mol. The van der Waals surface area contributed by atoms with Crippen LogP contribution < -0.4 is 5.32 Å². The number of hydrogen-bond acceptors (Lipinski definition) is 1. The van der Waals surface area contributed by atoms with E-state index >= 15 is 0 Å².